The summed E-state index contributed by atoms with van der Waals surface area (Å²) in [5.41, 5.74) is 7.40. The highest BCUT2D eigenvalue weighted by atomic mass is 16.3. The Labute approximate surface area is 129 Å². The van der Waals surface area contributed by atoms with Crippen LogP contribution in [0, 0.1) is 0 Å². The SMILES string of the molecule is CC.CC.CC(=O)C1CCCN1Cc1ccc(O)cc1N. The number of hydrogen-bond donors (Lipinski definition) is 2. The molecule has 120 valence electrons. The van der Waals surface area contributed by atoms with E-state index in [9.17, 15) is 9.90 Å². The molecule has 2 rings (SSSR count). The molecule has 1 saturated heterocycles. The fourth-order valence-corrected chi connectivity index (χ4v) is 2.42. The van der Waals surface area contributed by atoms with E-state index in [0.29, 0.717) is 12.2 Å². The zero-order chi connectivity index (χ0) is 16.4. The number of phenolic OH excluding ortho intramolecular Hbond substituents is 1. The van der Waals surface area contributed by atoms with Crippen LogP contribution in [0.15, 0.2) is 18.2 Å². The average molecular weight is 294 g/mol. The van der Waals surface area contributed by atoms with E-state index in [-0.39, 0.29) is 17.6 Å². The first-order valence-corrected chi connectivity index (χ1v) is 7.90. The zero-order valence-corrected chi connectivity index (χ0v) is 14.0. The molecule has 1 aliphatic heterocycles. The normalized spacial score (nSPS) is 17.3. The minimum absolute atomic E-state index is 0.0307. The van der Waals surface area contributed by atoms with Crippen LogP contribution in [0.3, 0.4) is 0 Å². The molecule has 21 heavy (non-hydrogen) atoms. The lowest BCUT2D eigenvalue weighted by atomic mass is 10.1. The van der Waals surface area contributed by atoms with Gasteiger partial charge >= 0.3 is 0 Å². The van der Waals surface area contributed by atoms with Gasteiger partial charge in [0.2, 0.25) is 0 Å². The first kappa shape index (κ1) is 19.4. The second-order valence-corrected chi connectivity index (χ2v) is 4.62. The van der Waals surface area contributed by atoms with E-state index >= 15 is 0 Å². The van der Waals surface area contributed by atoms with Crippen LogP contribution in [0.4, 0.5) is 5.69 Å². The number of ketones is 1. The van der Waals surface area contributed by atoms with E-state index in [0.717, 1.165) is 24.9 Å². The number of aromatic hydroxyl groups is 1. The van der Waals surface area contributed by atoms with Crippen LogP contribution in [-0.4, -0.2) is 28.4 Å². The number of likely N-dealkylation sites (tertiary alicyclic amines) is 1. The molecule has 1 aromatic rings. The largest absolute Gasteiger partial charge is 0.508 e. The van der Waals surface area contributed by atoms with Crippen molar-refractivity contribution in [1.82, 2.24) is 4.90 Å². The summed E-state index contributed by atoms with van der Waals surface area (Å²) < 4.78 is 0. The lowest BCUT2D eigenvalue weighted by Gasteiger charge is -2.22. The summed E-state index contributed by atoms with van der Waals surface area (Å²) in [5, 5.41) is 9.29. The molecule has 0 amide bonds. The van der Waals surface area contributed by atoms with Crippen LogP contribution in [0.2, 0.25) is 0 Å². The molecule has 0 saturated carbocycles. The Morgan fingerprint density at radius 3 is 2.48 bits per heavy atom. The number of anilines is 1. The van der Waals surface area contributed by atoms with Crippen LogP contribution < -0.4 is 5.73 Å². The topological polar surface area (TPSA) is 66.6 Å². The van der Waals surface area contributed by atoms with Gasteiger partial charge in [0, 0.05) is 18.3 Å². The highest BCUT2D eigenvalue weighted by Gasteiger charge is 2.28. The zero-order valence-electron chi connectivity index (χ0n) is 14.0. The van der Waals surface area contributed by atoms with Gasteiger partial charge < -0.3 is 10.8 Å². The number of rotatable bonds is 3. The van der Waals surface area contributed by atoms with Crippen molar-refractivity contribution in [2.75, 3.05) is 12.3 Å². The second kappa shape index (κ2) is 10.2. The molecule has 0 radical (unpaired) electrons. The van der Waals surface area contributed by atoms with Gasteiger partial charge in [-0.3, -0.25) is 9.69 Å². The Morgan fingerprint density at radius 2 is 1.95 bits per heavy atom. The number of nitrogen functional groups attached to an aromatic ring is 1. The van der Waals surface area contributed by atoms with Crippen LogP contribution in [0.1, 0.15) is 53.0 Å². The maximum absolute atomic E-state index is 11.5. The number of benzene rings is 1. The number of hydrogen-bond acceptors (Lipinski definition) is 4. The third-order valence-corrected chi connectivity index (χ3v) is 3.34. The molecule has 1 fully saturated rings. The first-order chi connectivity index (χ1) is 10.1. The van der Waals surface area contributed by atoms with Crippen LogP contribution in [0.5, 0.6) is 5.75 Å². The summed E-state index contributed by atoms with van der Waals surface area (Å²) in [7, 11) is 0. The van der Waals surface area contributed by atoms with Gasteiger partial charge in [-0.25, -0.2) is 0 Å². The molecule has 0 bridgehead atoms. The number of nitrogens with two attached hydrogens (primary N) is 1. The Morgan fingerprint density at radius 1 is 1.33 bits per heavy atom. The molecular weight excluding hydrogens is 264 g/mol. The molecule has 4 nitrogen and oxygen atoms in total. The van der Waals surface area contributed by atoms with Gasteiger partial charge in [-0.1, -0.05) is 33.8 Å². The van der Waals surface area contributed by atoms with Gasteiger partial charge in [-0.05, 0) is 37.9 Å². The number of nitrogens with zero attached hydrogens (tertiary/aromatic N) is 1. The van der Waals surface area contributed by atoms with Crippen molar-refractivity contribution < 1.29 is 9.90 Å². The average Bonchev–Trinajstić information content (AvgIpc) is 2.95. The van der Waals surface area contributed by atoms with E-state index in [4.69, 9.17) is 5.73 Å². The third kappa shape index (κ3) is 5.76. The molecule has 0 spiro atoms. The van der Waals surface area contributed by atoms with E-state index in [1.165, 1.54) is 0 Å². The summed E-state index contributed by atoms with van der Waals surface area (Å²) >= 11 is 0. The number of phenols is 1. The van der Waals surface area contributed by atoms with Gasteiger partial charge in [0.1, 0.15) is 11.5 Å². The summed E-state index contributed by atoms with van der Waals surface area (Å²) in [6.45, 7) is 11.3. The number of carbonyl (C=O) groups is 1. The summed E-state index contributed by atoms with van der Waals surface area (Å²) in [6.07, 6.45) is 2.00. The molecule has 1 aliphatic rings. The van der Waals surface area contributed by atoms with E-state index in [1.807, 2.05) is 33.8 Å². The van der Waals surface area contributed by atoms with Crippen molar-refractivity contribution in [2.24, 2.45) is 0 Å². The molecule has 0 aliphatic carbocycles. The van der Waals surface area contributed by atoms with E-state index in [1.54, 1.807) is 19.1 Å². The predicted octanol–water partition coefficient (Wildman–Crippen LogP) is 3.58. The molecule has 1 unspecified atom stereocenters. The van der Waals surface area contributed by atoms with E-state index in [2.05, 4.69) is 4.90 Å². The van der Waals surface area contributed by atoms with Crippen LogP contribution >= 0.6 is 0 Å². The number of carbonyl (C=O) groups excluding carboxylic acids is 1. The Bertz CT molecular complexity index is 433. The maximum Gasteiger partial charge on any atom is 0.146 e. The van der Waals surface area contributed by atoms with Gasteiger partial charge in [-0.15, -0.1) is 0 Å². The first-order valence-electron chi connectivity index (χ1n) is 7.90. The molecule has 0 aromatic heterocycles. The minimum atomic E-state index is 0.0307. The van der Waals surface area contributed by atoms with Crippen molar-refractivity contribution >= 4 is 11.5 Å². The van der Waals surface area contributed by atoms with E-state index < -0.39 is 0 Å². The molecule has 4 heteroatoms. The Hall–Kier alpha value is -1.55. The van der Waals surface area contributed by atoms with Crippen molar-refractivity contribution in [2.45, 2.75) is 60.0 Å². The van der Waals surface area contributed by atoms with Crippen molar-refractivity contribution in [1.29, 1.82) is 0 Å². The highest BCUT2D eigenvalue weighted by Crippen LogP contribution is 2.25. The molecular formula is C17H30N2O2. The Kier molecular flexibility index (Phi) is 9.46. The van der Waals surface area contributed by atoms with Gasteiger partial charge in [-0.2, -0.15) is 0 Å². The van der Waals surface area contributed by atoms with Gasteiger partial charge in [0.05, 0.1) is 6.04 Å². The van der Waals surface area contributed by atoms with Crippen molar-refractivity contribution in [3.05, 3.63) is 23.8 Å². The van der Waals surface area contributed by atoms with Crippen LogP contribution in [0.25, 0.3) is 0 Å². The van der Waals surface area contributed by atoms with Gasteiger partial charge in [0.15, 0.2) is 0 Å². The molecule has 3 N–H and O–H groups in total. The lowest BCUT2D eigenvalue weighted by molar-refractivity contribution is -0.121. The minimum Gasteiger partial charge on any atom is -0.508 e. The fraction of sp³-hybridized carbons (Fsp3) is 0.588. The third-order valence-electron chi connectivity index (χ3n) is 3.34. The van der Waals surface area contributed by atoms with Crippen molar-refractivity contribution in [3.8, 4) is 5.75 Å². The second-order valence-electron chi connectivity index (χ2n) is 4.62. The predicted molar refractivity (Wildman–Crippen MR) is 89.3 cm³/mol. The summed E-state index contributed by atoms with van der Waals surface area (Å²) in [4.78, 5) is 13.6. The summed E-state index contributed by atoms with van der Waals surface area (Å²) in [6, 6.07) is 5.03. The number of Topliss-reactive ketones (excluding diaryl/α,β-unsaturated/α-hetero) is 1. The molecule has 1 atom stereocenters. The molecule has 1 heterocycles. The smallest absolute Gasteiger partial charge is 0.146 e. The van der Waals surface area contributed by atoms with Gasteiger partial charge in [0.25, 0.3) is 0 Å². The highest BCUT2D eigenvalue weighted by molar-refractivity contribution is 5.81. The standard InChI is InChI=1S/C13H18N2O2.2C2H6/c1-9(16)13-3-2-6-15(13)8-10-4-5-11(17)7-12(10)14;2*1-2/h4-5,7,13,17H,2-3,6,8,14H2,1H3;2*1-2H3. The maximum atomic E-state index is 11.5. The molecule has 1 aromatic carbocycles. The quantitative estimate of drug-likeness (QED) is 0.836. The monoisotopic (exact) mass is 294 g/mol. The van der Waals surface area contributed by atoms with Crippen molar-refractivity contribution in [3.63, 3.8) is 0 Å². The van der Waals surface area contributed by atoms with Crippen LogP contribution in [-0.2, 0) is 11.3 Å². The summed E-state index contributed by atoms with van der Waals surface area (Å²) in [5.74, 6) is 0.399. The lowest BCUT2D eigenvalue weighted by Crippen LogP contribution is -2.34. The fourth-order valence-electron chi connectivity index (χ4n) is 2.42. The Balaban J connectivity index is 0.000000921.